The maximum absolute atomic E-state index is 13.7. The van der Waals surface area contributed by atoms with Crippen molar-refractivity contribution in [1.29, 1.82) is 0 Å². The molecule has 2 unspecified atom stereocenters. The normalized spacial score (nSPS) is 24.1. The molecule has 2 rings (SSSR count). The summed E-state index contributed by atoms with van der Waals surface area (Å²) in [6.07, 6.45) is 1.47. The summed E-state index contributed by atoms with van der Waals surface area (Å²) in [4.78, 5) is 14.0. The van der Waals surface area contributed by atoms with Gasteiger partial charge in [0.15, 0.2) is 0 Å². The van der Waals surface area contributed by atoms with E-state index in [1.54, 1.807) is 4.90 Å². The molecule has 0 bridgehead atoms. The van der Waals surface area contributed by atoms with Crippen LogP contribution in [0.5, 0.6) is 0 Å². The summed E-state index contributed by atoms with van der Waals surface area (Å²) in [5, 5.41) is 0.155. The fraction of sp³-hybridized carbons (Fsp3) is 0.462. The molecular weight excluding hydrogens is 255 g/mol. The molecule has 1 saturated heterocycles. The monoisotopic (exact) mass is 270 g/mol. The predicted octanol–water partition coefficient (Wildman–Crippen LogP) is 2.43. The summed E-state index contributed by atoms with van der Waals surface area (Å²) >= 11 is 5.91. The third-order valence-corrected chi connectivity index (χ3v) is 3.67. The number of carbonyl (C=O) groups excluding carboxylic acids is 1. The van der Waals surface area contributed by atoms with Crippen molar-refractivity contribution in [1.82, 2.24) is 4.90 Å². The summed E-state index contributed by atoms with van der Waals surface area (Å²) in [6, 6.07) is 4.39. The molecule has 0 spiro atoms. The molecule has 1 aliphatic heterocycles. The number of halogens is 2. The van der Waals surface area contributed by atoms with Gasteiger partial charge in [-0.05, 0) is 31.9 Å². The van der Waals surface area contributed by atoms with E-state index in [0.29, 0.717) is 6.54 Å². The third kappa shape index (κ3) is 2.49. The Balaban J connectivity index is 2.26. The quantitative estimate of drug-likeness (QED) is 0.852. The second-order valence-electron chi connectivity index (χ2n) is 4.73. The molecule has 3 nitrogen and oxygen atoms in total. The Hall–Kier alpha value is -1.13. The number of hydrogen-bond acceptors (Lipinski definition) is 2. The first-order valence-corrected chi connectivity index (χ1v) is 6.39. The summed E-state index contributed by atoms with van der Waals surface area (Å²) in [5.74, 6) is -0.924. The highest BCUT2D eigenvalue weighted by atomic mass is 35.5. The molecule has 1 amide bonds. The van der Waals surface area contributed by atoms with Crippen molar-refractivity contribution in [2.75, 3.05) is 6.54 Å². The first kappa shape index (κ1) is 13.3. The van der Waals surface area contributed by atoms with Gasteiger partial charge in [0.2, 0.25) is 0 Å². The van der Waals surface area contributed by atoms with E-state index < -0.39 is 5.82 Å². The van der Waals surface area contributed by atoms with Crippen molar-refractivity contribution >= 4 is 17.5 Å². The van der Waals surface area contributed by atoms with Crippen molar-refractivity contribution in [3.05, 3.63) is 34.6 Å². The molecule has 0 saturated carbocycles. The first-order chi connectivity index (χ1) is 8.50. The van der Waals surface area contributed by atoms with Crippen LogP contribution in [0.15, 0.2) is 18.2 Å². The molecule has 0 aliphatic carbocycles. The molecule has 1 heterocycles. The number of carbonyl (C=O) groups is 1. The zero-order valence-corrected chi connectivity index (χ0v) is 11.0. The lowest BCUT2D eigenvalue weighted by Crippen LogP contribution is -2.48. The van der Waals surface area contributed by atoms with Crippen LogP contribution in [0, 0.1) is 5.82 Å². The van der Waals surface area contributed by atoms with Crippen LogP contribution >= 0.6 is 11.6 Å². The number of likely N-dealkylation sites (tertiary alicyclic amines) is 1. The van der Waals surface area contributed by atoms with E-state index >= 15 is 0 Å². The predicted molar refractivity (Wildman–Crippen MR) is 69.1 cm³/mol. The second-order valence-corrected chi connectivity index (χ2v) is 5.14. The average molecular weight is 271 g/mol. The molecule has 1 aromatic rings. The molecule has 2 atom stereocenters. The van der Waals surface area contributed by atoms with Gasteiger partial charge in [-0.25, -0.2) is 4.39 Å². The standard InChI is InChI=1S/C13H16ClFN2O/c1-8-7-9(16)5-6-17(8)13(18)12-10(14)3-2-4-11(12)15/h2-4,8-9H,5-7,16H2,1H3. The Labute approximate surface area is 111 Å². The second kappa shape index (κ2) is 5.24. The lowest BCUT2D eigenvalue weighted by Gasteiger charge is -2.36. The van der Waals surface area contributed by atoms with E-state index in [1.807, 2.05) is 6.92 Å². The Bertz CT molecular complexity index is 446. The molecule has 2 N–H and O–H groups in total. The van der Waals surface area contributed by atoms with Crippen LogP contribution in [-0.2, 0) is 0 Å². The number of rotatable bonds is 1. The maximum atomic E-state index is 13.7. The van der Waals surface area contributed by atoms with Gasteiger partial charge in [0.05, 0.1) is 10.6 Å². The molecule has 0 aromatic heterocycles. The molecule has 1 aromatic carbocycles. The van der Waals surface area contributed by atoms with Gasteiger partial charge in [-0.1, -0.05) is 17.7 Å². The number of amides is 1. The third-order valence-electron chi connectivity index (χ3n) is 3.35. The van der Waals surface area contributed by atoms with Crippen molar-refractivity contribution in [2.45, 2.75) is 31.8 Å². The molecule has 5 heteroatoms. The van der Waals surface area contributed by atoms with Gasteiger partial charge < -0.3 is 10.6 Å². The number of hydrogen-bond donors (Lipinski definition) is 1. The summed E-state index contributed by atoms with van der Waals surface area (Å²) < 4.78 is 13.7. The van der Waals surface area contributed by atoms with Crippen molar-refractivity contribution < 1.29 is 9.18 Å². The molecule has 0 radical (unpaired) electrons. The Morgan fingerprint density at radius 3 is 2.89 bits per heavy atom. The maximum Gasteiger partial charge on any atom is 0.258 e. The highest BCUT2D eigenvalue weighted by Crippen LogP contribution is 2.24. The Morgan fingerprint density at radius 1 is 1.56 bits per heavy atom. The van der Waals surface area contributed by atoms with Crippen LogP contribution < -0.4 is 5.73 Å². The van der Waals surface area contributed by atoms with Crippen molar-refractivity contribution in [3.63, 3.8) is 0 Å². The van der Waals surface area contributed by atoms with Crippen molar-refractivity contribution in [3.8, 4) is 0 Å². The van der Waals surface area contributed by atoms with Crippen LogP contribution in [0.25, 0.3) is 0 Å². The van der Waals surface area contributed by atoms with E-state index in [1.165, 1.54) is 18.2 Å². The fourth-order valence-electron chi connectivity index (χ4n) is 2.36. The van der Waals surface area contributed by atoms with Gasteiger partial charge in [-0.15, -0.1) is 0 Å². The van der Waals surface area contributed by atoms with Crippen LogP contribution in [-0.4, -0.2) is 29.4 Å². The van der Waals surface area contributed by atoms with Gasteiger partial charge in [0.25, 0.3) is 5.91 Å². The summed E-state index contributed by atoms with van der Waals surface area (Å²) in [6.45, 7) is 2.47. The van der Waals surface area contributed by atoms with Gasteiger partial charge >= 0.3 is 0 Å². The van der Waals surface area contributed by atoms with E-state index in [2.05, 4.69) is 0 Å². The lowest BCUT2D eigenvalue weighted by atomic mass is 9.98. The molecule has 18 heavy (non-hydrogen) atoms. The van der Waals surface area contributed by atoms with Gasteiger partial charge in [0.1, 0.15) is 5.82 Å². The average Bonchev–Trinajstić information content (AvgIpc) is 2.28. The summed E-state index contributed by atoms with van der Waals surface area (Å²) in [7, 11) is 0. The van der Waals surface area contributed by atoms with Gasteiger partial charge in [0, 0.05) is 18.6 Å². The molecule has 1 aliphatic rings. The minimum atomic E-state index is -0.574. The van der Waals surface area contributed by atoms with Gasteiger partial charge in [-0.2, -0.15) is 0 Å². The van der Waals surface area contributed by atoms with Crippen LogP contribution in [0.2, 0.25) is 5.02 Å². The smallest absolute Gasteiger partial charge is 0.258 e. The van der Waals surface area contributed by atoms with Crippen molar-refractivity contribution in [2.24, 2.45) is 5.73 Å². The van der Waals surface area contributed by atoms with Gasteiger partial charge in [-0.3, -0.25) is 4.79 Å². The Morgan fingerprint density at radius 2 is 2.28 bits per heavy atom. The molecule has 98 valence electrons. The molecule has 1 fully saturated rings. The highest BCUT2D eigenvalue weighted by Gasteiger charge is 2.30. The zero-order chi connectivity index (χ0) is 13.3. The highest BCUT2D eigenvalue weighted by molar-refractivity contribution is 6.33. The van der Waals surface area contributed by atoms with E-state index in [4.69, 9.17) is 17.3 Å². The fourth-order valence-corrected chi connectivity index (χ4v) is 2.60. The Kier molecular flexibility index (Phi) is 3.88. The largest absolute Gasteiger partial charge is 0.336 e. The van der Waals surface area contributed by atoms with E-state index in [9.17, 15) is 9.18 Å². The summed E-state index contributed by atoms with van der Waals surface area (Å²) in [5.41, 5.74) is 5.81. The van der Waals surface area contributed by atoms with E-state index in [0.717, 1.165) is 12.8 Å². The van der Waals surface area contributed by atoms with E-state index in [-0.39, 0.29) is 28.6 Å². The number of piperidine rings is 1. The van der Waals surface area contributed by atoms with Crippen LogP contribution in [0.4, 0.5) is 4.39 Å². The minimum Gasteiger partial charge on any atom is -0.336 e. The number of nitrogens with two attached hydrogens (primary N) is 1. The molecular formula is C13H16ClFN2O. The number of nitrogens with zero attached hydrogens (tertiary/aromatic N) is 1. The topological polar surface area (TPSA) is 46.3 Å². The van der Waals surface area contributed by atoms with Crippen LogP contribution in [0.3, 0.4) is 0 Å². The minimum absolute atomic E-state index is 0.0110. The number of benzene rings is 1. The zero-order valence-electron chi connectivity index (χ0n) is 10.2. The SMILES string of the molecule is CC1CC(N)CCN1C(=O)c1c(F)cccc1Cl. The lowest BCUT2D eigenvalue weighted by molar-refractivity contribution is 0.0614. The first-order valence-electron chi connectivity index (χ1n) is 6.01. The van der Waals surface area contributed by atoms with Crippen LogP contribution in [0.1, 0.15) is 30.1 Å².